The van der Waals surface area contributed by atoms with E-state index in [2.05, 4.69) is 0 Å². The number of ether oxygens (including phenoxy) is 2. The molecule has 0 aliphatic heterocycles. The molecule has 0 aliphatic rings. The van der Waals surface area contributed by atoms with Crippen LogP contribution in [0, 0.1) is 5.82 Å². The minimum atomic E-state index is -0.339. The number of rotatable bonds is 3. The van der Waals surface area contributed by atoms with Crippen LogP contribution in [0.5, 0.6) is 11.5 Å². The highest BCUT2D eigenvalue weighted by atomic mass is 19.1. The van der Waals surface area contributed by atoms with E-state index in [4.69, 9.17) is 14.5 Å². The predicted octanol–water partition coefficient (Wildman–Crippen LogP) is 5.23. The molecule has 0 atom stereocenters. The Morgan fingerprint density at radius 3 is 2.29 bits per heavy atom. The summed E-state index contributed by atoms with van der Waals surface area (Å²) in [6.07, 6.45) is 0. The normalized spacial score (nSPS) is 11.5. The molecule has 2 aromatic carbocycles. The fourth-order valence-electron chi connectivity index (χ4n) is 2.49. The van der Waals surface area contributed by atoms with Gasteiger partial charge in [0.1, 0.15) is 22.9 Å². The van der Waals surface area contributed by atoms with Crippen LogP contribution in [0.25, 0.3) is 22.2 Å². The molecule has 0 saturated carbocycles. The van der Waals surface area contributed by atoms with Gasteiger partial charge < -0.3 is 9.47 Å². The van der Waals surface area contributed by atoms with E-state index in [1.165, 1.54) is 12.1 Å². The van der Waals surface area contributed by atoms with Crippen LogP contribution in [-0.2, 0) is 0 Å². The largest absolute Gasteiger partial charge is 0.497 e. The van der Waals surface area contributed by atoms with Gasteiger partial charge in [-0.05, 0) is 57.2 Å². The quantitative estimate of drug-likeness (QED) is 0.661. The maximum absolute atomic E-state index is 13.2. The molecule has 1 aromatic heterocycles. The zero-order valence-corrected chi connectivity index (χ0v) is 14.3. The third-order valence-electron chi connectivity index (χ3n) is 3.54. The second kappa shape index (κ2) is 6.11. The second-order valence-corrected chi connectivity index (χ2v) is 6.61. The molecule has 0 aliphatic carbocycles. The molecule has 0 fully saturated rings. The molecule has 0 spiro atoms. The van der Waals surface area contributed by atoms with Gasteiger partial charge in [-0.3, -0.25) is 0 Å². The van der Waals surface area contributed by atoms with E-state index >= 15 is 0 Å². The molecule has 3 rings (SSSR count). The Morgan fingerprint density at radius 1 is 0.958 bits per heavy atom. The van der Waals surface area contributed by atoms with Crippen LogP contribution in [0.15, 0.2) is 48.5 Å². The number of halogens is 1. The monoisotopic (exact) mass is 325 g/mol. The Labute approximate surface area is 141 Å². The molecule has 3 nitrogen and oxygen atoms in total. The average Bonchev–Trinajstić information content (AvgIpc) is 2.53. The molecule has 0 radical (unpaired) electrons. The van der Waals surface area contributed by atoms with Gasteiger partial charge in [-0.1, -0.05) is 0 Å². The van der Waals surface area contributed by atoms with E-state index in [1.807, 2.05) is 45.0 Å². The third kappa shape index (κ3) is 3.48. The number of pyridine rings is 1. The summed E-state index contributed by atoms with van der Waals surface area (Å²) in [6, 6.07) is 13.9. The van der Waals surface area contributed by atoms with Crippen molar-refractivity contribution in [1.82, 2.24) is 4.98 Å². The maximum atomic E-state index is 13.2. The molecule has 4 heteroatoms. The second-order valence-electron chi connectivity index (χ2n) is 6.61. The van der Waals surface area contributed by atoms with Gasteiger partial charge >= 0.3 is 0 Å². The first-order chi connectivity index (χ1) is 11.4. The predicted molar refractivity (Wildman–Crippen MR) is 94.1 cm³/mol. The standard InChI is InChI=1S/C20H20FNO2/c1-20(2,3)24-19-12-17(13-5-7-14(21)8-6-13)22-18-11-15(23-4)9-10-16(18)19/h5-12H,1-4H3. The molecule has 24 heavy (non-hydrogen) atoms. The summed E-state index contributed by atoms with van der Waals surface area (Å²) in [5.41, 5.74) is 2.00. The van der Waals surface area contributed by atoms with Crippen molar-refractivity contribution in [2.45, 2.75) is 26.4 Å². The molecule has 0 bridgehead atoms. The highest BCUT2D eigenvalue weighted by Gasteiger charge is 2.16. The van der Waals surface area contributed by atoms with Gasteiger partial charge in [0.25, 0.3) is 0 Å². The SMILES string of the molecule is COc1ccc2c(OC(C)(C)C)cc(-c3ccc(F)cc3)nc2c1. The van der Waals surface area contributed by atoms with Gasteiger partial charge in [0.05, 0.1) is 18.3 Å². The average molecular weight is 325 g/mol. The first-order valence-electron chi connectivity index (χ1n) is 7.79. The number of methoxy groups -OCH3 is 1. The molecule has 0 unspecified atom stereocenters. The van der Waals surface area contributed by atoms with Crippen LogP contribution in [0.4, 0.5) is 4.39 Å². The third-order valence-corrected chi connectivity index (χ3v) is 3.54. The van der Waals surface area contributed by atoms with Crippen LogP contribution in [0.2, 0.25) is 0 Å². The molecule has 0 N–H and O–H groups in total. The number of aromatic nitrogens is 1. The molecular weight excluding hydrogens is 305 g/mol. The fraction of sp³-hybridized carbons (Fsp3) is 0.250. The van der Waals surface area contributed by atoms with Crippen molar-refractivity contribution < 1.29 is 13.9 Å². The zero-order valence-electron chi connectivity index (χ0n) is 14.3. The maximum Gasteiger partial charge on any atom is 0.131 e. The van der Waals surface area contributed by atoms with Gasteiger partial charge in [-0.25, -0.2) is 9.37 Å². The van der Waals surface area contributed by atoms with E-state index < -0.39 is 0 Å². The lowest BCUT2D eigenvalue weighted by molar-refractivity contribution is 0.133. The molecular formula is C20H20FNO2. The van der Waals surface area contributed by atoms with Crippen molar-refractivity contribution in [3.63, 3.8) is 0 Å². The van der Waals surface area contributed by atoms with E-state index in [1.54, 1.807) is 19.2 Å². The first kappa shape index (κ1) is 16.2. The smallest absolute Gasteiger partial charge is 0.131 e. The number of hydrogen-bond donors (Lipinski definition) is 0. The summed E-state index contributed by atoms with van der Waals surface area (Å²) in [5.74, 6) is 1.20. The van der Waals surface area contributed by atoms with Crippen LogP contribution >= 0.6 is 0 Å². The summed E-state index contributed by atoms with van der Waals surface area (Å²) in [6.45, 7) is 6.00. The van der Waals surface area contributed by atoms with Gasteiger partial charge in [-0.2, -0.15) is 0 Å². The Morgan fingerprint density at radius 2 is 1.67 bits per heavy atom. The fourth-order valence-corrected chi connectivity index (χ4v) is 2.49. The first-order valence-corrected chi connectivity index (χ1v) is 7.79. The minimum Gasteiger partial charge on any atom is -0.497 e. The number of hydrogen-bond acceptors (Lipinski definition) is 3. The summed E-state index contributed by atoms with van der Waals surface area (Å²) < 4.78 is 24.6. The summed E-state index contributed by atoms with van der Waals surface area (Å²) in [5, 5.41) is 0.914. The van der Waals surface area contributed by atoms with Gasteiger partial charge in [0.15, 0.2) is 0 Å². The van der Waals surface area contributed by atoms with Gasteiger partial charge in [0, 0.05) is 23.1 Å². The molecule has 3 aromatic rings. The lowest BCUT2D eigenvalue weighted by Gasteiger charge is -2.23. The Balaban J connectivity index is 2.20. The van der Waals surface area contributed by atoms with Crippen LogP contribution in [-0.4, -0.2) is 17.7 Å². The molecule has 0 saturated heterocycles. The highest BCUT2D eigenvalue weighted by Crippen LogP contribution is 2.34. The summed E-state index contributed by atoms with van der Waals surface area (Å²) in [4.78, 5) is 4.69. The summed E-state index contributed by atoms with van der Waals surface area (Å²) in [7, 11) is 1.62. The van der Waals surface area contributed by atoms with Crippen LogP contribution in [0.3, 0.4) is 0 Å². The lowest BCUT2D eigenvalue weighted by Crippen LogP contribution is -2.23. The van der Waals surface area contributed by atoms with Crippen molar-refractivity contribution in [2.75, 3.05) is 7.11 Å². The lowest BCUT2D eigenvalue weighted by atomic mass is 10.1. The van der Waals surface area contributed by atoms with Crippen molar-refractivity contribution in [1.29, 1.82) is 0 Å². The van der Waals surface area contributed by atoms with Gasteiger partial charge in [0.2, 0.25) is 0 Å². The van der Waals surface area contributed by atoms with Crippen molar-refractivity contribution in [3.05, 3.63) is 54.3 Å². The molecule has 124 valence electrons. The number of fused-ring (bicyclic) bond motifs is 1. The summed E-state index contributed by atoms with van der Waals surface area (Å²) >= 11 is 0. The van der Waals surface area contributed by atoms with E-state index in [9.17, 15) is 4.39 Å². The van der Waals surface area contributed by atoms with Gasteiger partial charge in [-0.15, -0.1) is 0 Å². The van der Waals surface area contributed by atoms with Crippen molar-refractivity contribution in [3.8, 4) is 22.8 Å². The highest BCUT2D eigenvalue weighted by molar-refractivity contribution is 5.89. The zero-order chi connectivity index (χ0) is 17.3. The topological polar surface area (TPSA) is 31.4 Å². The van der Waals surface area contributed by atoms with Crippen molar-refractivity contribution >= 4 is 10.9 Å². The molecule has 0 amide bonds. The van der Waals surface area contributed by atoms with E-state index in [0.29, 0.717) is 0 Å². The Kier molecular flexibility index (Phi) is 4.14. The number of benzene rings is 2. The van der Waals surface area contributed by atoms with Crippen LogP contribution < -0.4 is 9.47 Å². The number of nitrogens with zero attached hydrogens (tertiary/aromatic N) is 1. The minimum absolute atomic E-state index is 0.271. The van der Waals surface area contributed by atoms with Crippen LogP contribution in [0.1, 0.15) is 20.8 Å². The Hall–Kier alpha value is -2.62. The van der Waals surface area contributed by atoms with E-state index in [0.717, 1.165) is 33.7 Å². The molecule has 1 heterocycles. The Bertz CT molecular complexity index is 867. The van der Waals surface area contributed by atoms with E-state index in [-0.39, 0.29) is 11.4 Å². The van der Waals surface area contributed by atoms with Crippen molar-refractivity contribution in [2.24, 2.45) is 0 Å².